The monoisotopic (exact) mass is 520 g/mol. The molecule has 0 aromatic heterocycles. The second kappa shape index (κ2) is 11.6. The second-order valence-corrected chi connectivity index (χ2v) is 12.5. The van der Waals surface area contributed by atoms with E-state index >= 15 is 0 Å². The van der Waals surface area contributed by atoms with Gasteiger partial charge in [0.05, 0.1) is 0 Å². The Labute approximate surface area is 224 Å². The number of nitrogens with one attached hydrogen (secondary N) is 1. The summed E-state index contributed by atoms with van der Waals surface area (Å²) in [4.78, 5) is 0. The fourth-order valence-corrected chi connectivity index (χ4v) is 9.00. The highest BCUT2D eigenvalue weighted by atomic mass is 35.5. The molecule has 0 radical (unpaired) electrons. The summed E-state index contributed by atoms with van der Waals surface area (Å²) in [5.41, 5.74) is 2.76. The predicted octanol–water partition coefficient (Wildman–Crippen LogP) is 6.91. The molecule has 0 heterocycles. The summed E-state index contributed by atoms with van der Waals surface area (Å²) in [6.45, 7) is 0. The molecule has 0 aliphatic heterocycles. The van der Waals surface area contributed by atoms with Crippen LogP contribution in [0.2, 0.25) is 5.02 Å². The topological polar surface area (TPSA) is 32.3 Å². The number of benzene rings is 5. The molecule has 2 N–H and O–H groups in total. The third-order valence-corrected chi connectivity index (χ3v) is 10.8. The molecule has 0 spiro atoms. The Balaban J connectivity index is 1.82. The zero-order valence-corrected chi connectivity index (χ0v) is 21.9. The van der Waals surface area contributed by atoms with Crippen LogP contribution in [0.25, 0.3) is 6.08 Å². The molecule has 0 fully saturated rings. The molecule has 5 rings (SSSR count). The zero-order chi connectivity index (χ0) is 25.5. The zero-order valence-electron chi connectivity index (χ0n) is 20.3. The van der Waals surface area contributed by atoms with E-state index in [9.17, 15) is 5.11 Å². The van der Waals surface area contributed by atoms with Gasteiger partial charge >= 0.3 is 0 Å². The van der Waals surface area contributed by atoms with Gasteiger partial charge in [0.25, 0.3) is 0 Å². The van der Waals surface area contributed by atoms with Crippen molar-refractivity contribution in [1.29, 1.82) is 0 Å². The molecule has 0 saturated heterocycles. The van der Waals surface area contributed by atoms with Gasteiger partial charge in [0.2, 0.25) is 0 Å². The van der Waals surface area contributed by atoms with Crippen LogP contribution in [0.4, 0.5) is 0 Å². The van der Waals surface area contributed by atoms with E-state index in [2.05, 4.69) is 84.2 Å². The maximum atomic E-state index is 11.5. The van der Waals surface area contributed by atoms with E-state index in [-0.39, 0.29) is 0 Å². The van der Waals surface area contributed by atoms with Gasteiger partial charge in [0.1, 0.15) is 15.9 Å². The van der Waals surface area contributed by atoms with Crippen molar-refractivity contribution in [2.45, 2.75) is 6.23 Å². The lowest BCUT2D eigenvalue weighted by Crippen LogP contribution is -2.37. The average molecular weight is 521 g/mol. The molecule has 0 saturated carbocycles. The molecule has 37 heavy (non-hydrogen) atoms. The smallest absolute Gasteiger partial charge is 0.175 e. The summed E-state index contributed by atoms with van der Waals surface area (Å²) in [5, 5.41) is 19.3. The van der Waals surface area contributed by atoms with Gasteiger partial charge in [-0.1, -0.05) is 109 Å². The molecule has 182 valence electrons. The molecule has 0 amide bonds. The average Bonchev–Trinajstić information content (AvgIpc) is 2.97. The molecule has 0 aliphatic carbocycles. The molecule has 5 aromatic rings. The molecule has 1 unspecified atom stereocenters. The van der Waals surface area contributed by atoms with Gasteiger partial charge in [-0.3, -0.25) is 0 Å². The van der Waals surface area contributed by atoms with E-state index in [0.29, 0.717) is 5.02 Å². The van der Waals surface area contributed by atoms with Crippen LogP contribution in [-0.2, 0) is 0 Å². The van der Waals surface area contributed by atoms with Crippen molar-refractivity contribution in [3.63, 3.8) is 0 Å². The minimum absolute atomic E-state index is 0.686. The van der Waals surface area contributed by atoms with E-state index in [0.717, 1.165) is 16.6 Å². The first kappa shape index (κ1) is 25.0. The van der Waals surface area contributed by atoms with Crippen molar-refractivity contribution in [1.82, 2.24) is 5.32 Å². The number of hydrogen-bond acceptors (Lipinski definition) is 2. The van der Waals surface area contributed by atoms with Crippen LogP contribution in [0.1, 0.15) is 17.4 Å². The normalized spacial score (nSPS) is 12.6. The van der Waals surface area contributed by atoms with Crippen molar-refractivity contribution in [3.8, 4) is 0 Å². The Bertz CT molecular complexity index is 1340. The summed E-state index contributed by atoms with van der Waals surface area (Å²) in [6, 6.07) is 49.3. The summed E-state index contributed by atoms with van der Waals surface area (Å²) in [7, 11) is -2.46. The lowest BCUT2D eigenvalue weighted by Gasteiger charge is -2.31. The summed E-state index contributed by atoms with van der Waals surface area (Å²) in [6.07, 6.45) is 1.26. The number of halogens is 1. The van der Waals surface area contributed by atoms with Crippen LogP contribution < -0.4 is 21.2 Å². The first-order valence-electron chi connectivity index (χ1n) is 12.2. The number of aliphatic hydroxyl groups excluding tert-OH is 1. The number of rotatable bonds is 8. The van der Waals surface area contributed by atoms with Crippen molar-refractivity contribution >= 4 is 40.9 Å². The summed E-state index contributed by atoms with van der Waals surface area (Å²) in [5.74, 6) is 0. The third-order valence-electron chi connectivity index (χ3n) is 6.37. The standard InChI is InChI=1S/C33H28ClNOP/c34-28-23-21-26(22-24-28)25-32(35-33(36)27-13-5-1-6-14-27)37(29-15-7-2-8-16-29,30-17-9-3-10-18-30)31-19-11-4-12-20-31/h1-25,33,35-36H/q+1/b32-25-. The van der Waals surface area contributed by atoms with Crippen LogP contribution in [-0.4, -0.2) is 5.11 Å². The number of aliphatic hydroxyl groups is 1. The number of hydrogen-bond donors (Lipinski definition) is 2. The van der Waals surface area contributed by atoms with Crippen LogP contribution in [0.5, 0.6) is 0 Å². The van der Waals surface area contributed by atoms with E-state index in [4.69, 9.17) is 11.6 Å². The summed E-state index contributed by atoms with van der Waals surface area (Å²) < 4.78 is 0. The highest BCUT2D eigenvalue weighted by Crippen LogP contribution is 2.62. The second-order valence-electron chi connectivity index (χ2n) is 8.72. The Morgan fingerprint density at radius 1 is 0.595 bits per heavy atom. The van der Waals surface area contributed by atoms with Gasteiger partial charge in [-0.25, -0.2) is 0 Å². The molecule has 1 atom stereocenters. The fraction of sp³-hybridized carbons (Fsp3) is 0.0303. The quantitative estimate of drug-likeness (QED) is 0.172. The van der Waals surface area contributed by atoms with Crippen LogP contribution >= 0.6 is 18.9 Å². The highest BCUT2D eigenvalue weighted by molar-refractivity contribution is 7.99. The lowest BCUT2D eigenvalue weighted by molar-refractivity contribution is 0.155. The van der Waals surface area contributed by atoms with Crippen LogP contribution in [0.15, 0.2) is 151 Å². The van der Waals surface area contributed by atoms with E-state index in [1.165, 1.54) is 15.9 Å². The van der Waals surface area contributed by atoms with Gasteiger partial charge in [-0.15, -0.1) is 0 Å². The van der Waals surface area contributed by atoms with Crippen LogP contribution in [0.3, 0.4) is 0 Å². The first-order chi connectivity index (χ1) is 18.2. The molecule has 4 heteroatoms. The minimum Gasteiger partial charge on any atom is -0.369 e. The van der Waals surface area contributed by atoms with Crippen LogP contribution in [0, 0.1) is 0 Å². The van der Waals surface area contributed by atoms with Crippen molar-refractivity contribution in [2.75, 3.05) is 0 Å². The Kier molecular flexibility index (Phi) is 7.82. The Morgan fingerprint density at radius 3 is 1.43 bits per heavy atom. The largest absolute Gasteiger partial charge is 0.369 e. The third kappa shape index (κ3) is 5.38. The summed E-state index contributed by atoms with van der Waals surface area (Å²) >= 11 is 6.22. The molecule has 2 nitrogen and oxygen atoms in total. The van der Waals surface area contributed by atoms with Gasteiger partial charge in [0.15, 0.2) is 18.9 Å². The van der Waals surface area contributed by atoms with E-state index < -0.39 is 13.5 Å². The SMILES string of the molecule is OC(N/C(=C/c1ccc(Cl)cc1)[P+](c1ccccc1)(c1ccccc1)c1ccccc1)c1ccccc1. The molecule has 0 bridgehead atoms. The molecule has 5 aromatic carbocycles. The molecular weight excluding hydrogens is 493 g/mol. The van der Waals surface area contributed by atoms with Crippen molar-refractivity contribution in [3.05, 3.63) is 167 Å². The predicted molar refractivity (Wildman–Crippen MR) is 159 cm³/mol. The van der Waals surface area contributed by atoms with E-state index in [1.54, 1.807) is 0 Å². The Morgan fingerprint density at radius 2 is 1.00 bits per heavy atom. The molecular formula is C33H28ClNOP+. The first-order valence-corrected chi connectivity index (χ1v) is 14.4. The Hall–Kier alpha value is -3.68. The maximum Gasteiger partial charge on any atom is 0.175 e. The van der Waals surface area contributed by atoms with Gasteiger partial charge in [-0.2, -0.15) is 0 Å². The van der Waals surface area contributed by atoms with E-state index in [1.807, 2.05) is 72.8 Å². The lowest BCUT2D eigenvalue weighted by atomic mass is 10.2. The maximum absolute atomic E-state index is 11.5. The molecule has 0 aliphatic rings. The van der Waals surface area contributed by atoms with Gasteiger partial charge in [-0.05, 0) is 54.1 Å². The van der Waals surface area contributed by atoms with Gasteiger partial charge < -0.3 is 10.4 Å². The van der Waals surface area contributed by atoms with Crippen molar-refractivity contribution in [2.24, 2.45) is 0 Å². The fourth-order valence-electron chi connectivity index (χ4n) is 4.63. The minimum atomic E-state index is -2.46. The van der Waals surface area contributed by atoms with Crippen molar-refractivity contribution < 1.29 is 5.11 Å². The highest BCUT2D eigenvalue weighted by Gasteiger charge is 2.50. The van der Waals surface area contributed by atoms with Gasteiger partial charge in [0, 0.05) is 16.7 Å².